The van der Waals surface area contributed by atoms with Gasteiger partial charge in [0.1, 0.15) is 0 Å². The number of allylic oxidation sites excluding steroid dienone is 1. The van der Waals surface area contributed by atoms with E-state index >= 15 is 0 Å². The topological polar surface area (TPSA) is 4.93 Å². The Kier molecular flexibility index (Phi) is 9.08. The summed E-state index contributed by atoms with van der Waals surface area (Å²) in [6.07, 6.45) is 4.69. The Morgan fingerprint density at radius 3 is 2.03 bits per heavy atom. The second-order valence-corrected chi connectivity index (χ2v) is 14.8. The van der Waals surface area contributed by atoms with Crippen LogP contribution in [0.2, 0.25) is 13.1 Å². The quantitative estimate of drug-likeness (QED) is 0.212. The van der Waals surface area contributed by atoms with E-state index in [0.29, 0.717) is 0 Å². The first kappa shape index (κ1) is 29.5. The molecule has 0 N–H and O–H groups in total. The third kappa shape index (κ3) is 4.92. The molecule has 1 aromatic heterocycles. The van der Waals surface area contributed by atoms with Crippen LogP contribution in [0.15, 0.2) is 109 Å². The zero-order valence-corrected chi connectivity index (χ0v) is 26.6. The zero-order chi connectivity index (χ0) is 23.4. The Morgan fingerprint density at radius 1 is 0.757 bits per heavy atom. The molecule has 0 saturated heterocycles. The third-order valence-electron chi connectivity index (χ3n) is 7.67. The van der Waals surface area contributed by atoms with E-state index in [1.165, 1.54) is 38.7 Å². The van der Waals surface area contributed by atoms with Gasteiger partial charge in [0.2, 0.25) is 0 Å². The minimum Gasteiger partial charge on any atom is -1.00 e. The maximum Gasteiger partial charge on any atom is 3.00 e. The molecule has 3 heterocycles. The van der Waals surface area contributed by atoms with Gasteiger partial charge in [0.05, 0.1) is 8.07 Å². The Bertz CT molecular complexity index is 1550. The summed E-state index contributed by atoms with van der Waals surface area (Å²) >= 11 is 0. The van der Waals surface area contributed by atoms with Crippen LogP contribution in [0.1, 0.15) is 29.2 Å². The van der Waals surface area contributed by atoms with Crippen molar-refractivity contribution in [2.75, 3.05) is 0 Å². The number of nitrogens with zero attached hydrogens (tertiary/aromatic N) is 1. The molecule has 0 fully saturated rings. The molecule has 1 unspecified atom stereocenters. The molecule has 4 aromatic carbocycles. The molecule has 37 heavy (non-hydrogen) atoms. The Morgan fingerprint density at radius 2 is 1.41 bits per heavy atom. The molecular weight excluding hydrogens is 589 g/mol. The molecule has 5 heteroatoms. The minimum absolute atomic E-state index is 0. The fraction of sp³-hybridized carbons (Fsp3) is 0.156. The number of hydrogen-bond acceptors (Lipinski definition) is 0. The van der Waals surface area contributed by atoms with Crippen LogP contribution < -0.4 is 24.8 Å². The SMILES string of the molecule is CC1=C2c3cn(-c4ccccc4)cc3C1[Si]2(C)C.Cc1cc2c(-c3ccccc3)cccc2[cH-]1.[Cl-].[Cl-].[Zr+3]. The van der Waals surface area contributed by atoms with Crippen molar-refractivity contribution in [3.05, 3.63) is 126 Å². The number of fused-ring (bicyclic) bond motifs is 1. The molecule has 1 radical (unpaired) electrons. The first-order valence-corrected chi connectivity index (χ1v) is 15.2. The average Bonchev–Trinajstić information content (AvgIpc) is 3.55. The van der Waals surface area contributed by atoms with Gasteiger partial charge >= 0.3 is 26.2 Å². The van der Waals surface area contributed by atoms with Crippen LogP contribution in [0.3, 0.4) is 0 Å². The summed E-state index contributed by atoms with van der Waals surface area (Å²) in [6, 6.07) is 32.2. The molecule has 1 aliphatic carbocycles. The fourth-order valence-corrected chi connectivity index (χ4v) is 10.7. The summed E-state index contributed by atoms with van der Waals surface area (Å²) in [6.45, 7) is 9.49. The first-order valence-electron chi connectivity index (χ1n) is 12.2. The molecule has 3 aliphatic rings. The van der Waals surface area contributed by atoms with E-state index in [1.807, 2.05) is 0 Å². The third-order valence-corrected chi connectivity index (χ3v) is 11.8. The van der Waals surface area contributed by atoms with Crippen LogP contribution >= 0.6 is 0 Å². The van der Waals surface area contributed by atoms with Gasteiger partial charge in [0.15, 0.2) is 0 Å². The van der Waals surface area contributed by atoms with Crippen LogP contribution in [0, 0.1) is 6.92 Å². The number of hydrogen-bond donors (Lipinski definition) is 0. The van der Waals surface area contributed by atoms with Crippen molar-refractivity contribution in [3.8, 4) is 16.8 Å². The van der Waals surface area contributed by atoms with E-state index in [2.05, 4.69) is 135 Å². The zero-order valence-electron chi connectivity index (χ0n) is 21.6. The van der Waals surface area contributed by atoms with Crippen molar-refractivity contribution < 1.29 is 51.0 Å². The number of rotatable bonds is 2. The van der Waals surface area contributed by atoms with Crippen LogP contribution in [0.25, 0.3) is 32.8 Å². The summed E-state index contributed by atoms with van der Waals surface area (Å²) in [5, 5.41) is 4.40. The maximum atomic E-state index is 2.51. The molecule has 0 saturated carbocycles. The number of para-hydroxylation sites is 1. The van der Waals surface area contributed by atoms with Gasteiger partial charge in [-0.3, -0.25) is 0 Å². The fourth-order valence-electron chi connectivity index (χ4n) is 6.35. The van der Waals surface area contributed by atoms with Crippen molar-refractivity contribution >= 4 is 24.0 Å². The number of halogens is 2. The molecule has 2 bridgehead atoms. The normalized spacial score (nSPS) is 15.8. The Balaban J connectivity index is 0.000000191. The second kappa shape index (κ2) is 11.4. The average molecular weight is 619 g/mol. The van der Waals surface area contributed by atoms with E-state index < -0.39 is 8.07 Å². The maximum absolute atomic E-state index is 2.51. The van der Waals surface area contributed by atoms with Crippen molar-refractivity contribution in [1.82, 2.24) is 4.57 Å². The van der Waals surface area contributed by atoms with Crippen molar-refractivity contribution in [3.63, 3.8) is 0 Å². The van der Waals surface area contributed by atoms with E-state index in [4.69, 9.17) is 0 Å². The Hall–Kier alpha value is -2.03. The number of aromatic nitrogens is 1. The van der Waals surface area contributed by atoms with Crippen molar-refractivity contribution in [1.29, 1.82) is 0 Å². The molecule has 1 atom stereocenters. The monoisotopic (exact) mass is 616 g/mol. The van der Waals surface area contributed by atoms with Gasteiger partial charge in [-0.1, -0.05) is 90.9 Å². The molecule has 2 aliphatic heterocycles. The minimum atomic E-state index is -1.12. The van der Waals surface area contributed by atoms with Crippen molar-refractivity contribution in [2.24, 2.45) is 0 Å². The Labute approximate surface area is 252 Å². The van der Waals surface area contributed by atoms with Crippen LogP contribution in [-0.2, 0) is 26.2 Å². The van der Waals surface area contributed by atoms with Gasteiger partial charge in [-0.25, -0.2) is 0 Å². The van der Waals surface area contributed by atoms with Crippen LogP contribution in [0.4, 0.5) is 0 Å². The predicted molar refractivity (Wildman–Crippen MR) is 148 cm³/mol. The van der Waals surface area contributed by atoms with E-state index in [0.717, 1.165) is 5.54 Å². The summed E-state index contributed by atoms with van der Waals surface area (Å²) in [7, 11) is -1.12. The largest absolute Gasteiger partial charge is 3.00 e. The first-order chi connectivity index (χ1) is 16.4. The molecule has 8 rings (SSSR count). The second-order valence-electron chi connectivity index (χ2n) is 10.3. The summed E-state index contributed by atoms with van der Waals surface area (Å²) in [5.41, 5.74) is 10.8. The summed E-state index contributed by atoms with van der Waals surface area (Å²) in [5.74, 6) is 0. The summed E-state index contributed by atoms with van der Waals surface area (Å²) < 4.78 is 2.29. The van der Waals surface area contributed by atoms with Gasteiger partial charge in [0.25, 0.3) is 0 Å². The van der Waals surface area contributed by atoms with E-state index in [-0.39, 0.29) is 51.0 Å². The predicted octanol–water partition coefficient (Wildman–Crippen LogP) is 2.69. The standard InChI is InChI=1S/C16H17NSi.C16H13.2ClH.Zr/c1-11-15-13-9-17(12-7-5-4-6-8-12)10-14(13)16(11)18(15,2)3;1-12-10-14-8-5-9-15(16(14)11-12)13-6-3-2-4-7-13;;;/h4-10,15H,1-3H3;2-11H,1H3;2*1H;/q;-1;;;+3/p-2. The van der Waals surface area contributed by atoms with E-state index in [9.17, 15) is 0 Å². The molecule has 1 nitrogen and oxygen atoms in total. The van der Waals surface area contributed by atoms with Gasteiger partial charge in [0, 0.05) is 23.6 Å². The molecular formula is C32H30Cl2NSiZr. The van der Waals surface area contributed by atoms with Crippen molar-refractivity contribution in [2.45, 2.75) is 32.5 Å². The van der Waals surface area contributed by atoms with Gasteiger partial charge in [-0.2, -0.15) is 6.07 Å². The van der Waals surface area contributed by atoms with Crippen LogP contribution in [0.5, 0.6) is 0 Å². The van der Waals surface area contributed by atoms with Crippen LogP contribution in [-0.4, -0.2) is 12.6 Å². The smallest absolute Gasteiger partial charge is 1.00 e. The number of aryl methyl sites for hydroxylation is 1. The molecule has 5 aromatic rings. The van der Waals surface area contributed by atoms with Gasteiger partial charge in [-0.05, 0) is 35.7 Å². The molecule has 0 amide bonds. The molecule has 185 valence electrons. The summed E-state index contributed by atoms with van der Waals surface area (Å²) in [4.78, 5) is 0. The van der Waals surface area contributed by atoms with E-state index in [1.54, 1.807) is 16.3 Å². The van der Waals surface area contributed by atoms with Gasteiger partial charge in [-0.15, -0.1) is 34.5 Å². The number of benzene rings is 3. The molecule has 0 spiro atoms. The van der Waals surface area contributed by atoms with Gasteiger partial charge < -0.3 is 29.4 Å².